The summed E-state index contributed by atoms with van der Waals surface area (Å²) in [5.74, 6) is 0. The van der Waals surface area contributed by atoms with E-state index in [0.29, 0.717) is 0 Å². The summed E-state index contributed by atoms with van der Waals surface area (Å²) in [6, 6.07) is 0.316. The second kappa shape index (κ2) is 3.54. The summed E-state index contributed by atoms with van der Waals surface area (Å²) in [5, 5.41) is 5.99. The van der Waals surface area contributed by atoms with E-state index >= 15 is 0 Å². The predicted molar refractivity (Wildman–Crippen MR) is 52.7 cm³/mol. The normalized spacial score (nSPS) is 23.5. The Hall–Kier alpha value is -0.770. The van der Waals surface area contributed by atoms with Crippen LogP contribution < -0.4 is 10.6 Å². The monoisotopic (exact) mass is 185 g/mol. The van der Waals surface area contributed by atoms with E-state index in [4.69, 9.17) is 0 Å². The molecule has 0 saturated carbocycles. The van der Waals surface area contributed by atoms with Crippen LogP contribution in [0.3, 0.4) is 0 Å². The number of amides is 2. The van der Waals surface area contributed by atoms with E-state index in [1.54, 1.807) is 0 Å². The van der Waals surface area contributed by atoms with Crippen molar-refractivity contribution in [1.82, 2.24) is 15.5 Å². The van der Waals surface area contributed by atoms with Gasteiger partial charge in [-0.2, -0.15) is 0 Å². The Bertz CT molecular complexity index is 203. The van der Waals surface area contributed by atoms with Crippen LogP contribution in [0.2, 0.25) is 0 Å². The molecule has 76 valence electrons. The fourth-order valence-electron chi connectivity index (χ4n) is 1.74. The largest absolute Gasteiger partial charge is 0.334 e. The Kier molecular flexibility index (Phi) is 2.81. The maximum Gasteiger partial charge on any atom is 0.318 e. The molecule has 0 bridgehead atoms. The van der Waals surface area contributed by atoms with E-state index in [1.807, 2.05) is 18.9 Å². The highest BCUT2D eigenvalue weighted by molar-refractivity contribution is 5.77. The summed E-state index contributed by atoms with van der Waals surface area (Å²) in [6.07, 6.45) is 0. The molecule has 2 amide bonds. The lowest BCUT2D eigenvalue weighted by molar-refractivity contribution is 0.158. The fraction of sp³-hybridized carbons (Fsp3) is 0.889. The summed E-state index contributed by atoms with van der Waals surface area (Å²) in [5.41, 5.74) is -0.108. The Morgan fingerprint density at radius 1 is 1.69 bits per heavy atom. The smallest absolute Gasteiger partial charge is 0.318 e. The van der Waals surface area contributed by atoms with Gasteiger partial charge in [0.25, 0.3) is 0 Å². The van der Waals surface area contributed by atoms with Gasteiger partial charge in [0.05, 0.1) is 5.54 Å². The molecule has 1 aliphatic heterocycles. The quantitative estimate of drug-likeness (QED) is 0.668. The molecule has 0 aliphatic carbocycles. The summed E-state index contributed by atoms with van der Waals surface area (Å²) in [6.45, 7) is 7.77. The van der Waals surface area contributed by atoms with Gasteiger partial charge in [-0.15, -0.1) is 0 Å². The first-order valence-electron chi connectivity index (χ1n) is 4.70. The Morgan fingerprint density at radius 3 is 2.69 bits per heavy atom. The van der Waals surface area contributed by atoms with Crippen LogP contribution in [0.25, 0.3) is 0 Å². The second-order valence-electron chi connectivity index (χ2n) is 4.30. The molecule has 0 spiro atoms. The number of carbonyl (C=O) groups excluding carboxylic acids is 1. The zero-order valence-corrected chi connectivity index (χ0v) is 8.85. The molecule has 4 nitrogen and oxygen atoms in total. The van der Waals surface area contributed by atoms with Crippen molar-refractivity contribution in [3.8, 4) is 0 Å². The molecule has 1 saturated heterocycles. The minimum atomic E-state index is -0.108. The van der Waals surface area contributed by atoms with Crippen molar-refractivity contribution >= 4 is 6.03 Å². The molecule has 1 rings (SSSR count). The van der Waals surface area contributed by atoms with Gasteiger partial charge < -0.3 is 15.5 Å². The standard InChI is InChI=1S/C9H19N3O/c1-7-5-12(8(13)11-7)9(2,3)6-10-4/h7,10H,5-6H2,1-4H3,(H,11,13). The lowest BCUT2D eigenvalue weighted by Gasteiger charge is -2.34. The SMILES string of the molecule is CNCC(C)(C)N1CC(C)NC1=O. The van der Waals surface area contributed by atoms with E-state index in [0.717, 1.165) is 13.1 Å². The van der Waals surface area contributed by atoms with Crippen molar-refractivity contribution < 1.29 is 4.79 Å². The molecule has 1 aliphatic rings. The number of carbonyl (C=O) groups is 1. The molecule has 0 aromatic heterocycles. The molecule has 1 unspecified atom stereocenters. The second-order valence-corrected chi connectivity index (χ2v) is 4.30. The van der Waals surface area contributed by atoms with Gasteiger partial charge in [-0.05, 0) is 27.8 Å². The van der Waals surface area contributed by atoms with Gasteiger partial charge in [0.1, 0.15) is 0 Å². The van der Waals surface area contributed by atoms with Gasteiger partial charge in [-0.1, -0.05) is 0 Å². The van der Waals surface area contributed by atoms with Crippen LogP contribution in [0, 0.1) is 0 Å². The first-order chi connectivity index (χ1) is 5.97. The van der Waals surface area contributed by atoms with E-state index in [-0.39, 0.29) is 17.6 Å². The topological polar surface area (TPSA) is 44.4 Å². The van der Waals surface area contributed by atoms with Crippen molar-refractivity contribution in [3.63, 3.8) is 0 Å². The third kappa shape index (κ3) is 2.12. The first kappa shape index (κ1) is 10.3. The van der Waals surface area contributed by atoms with Crippen LogP contribution in [-0.2, 0) is 0 Å². The number of likely N-dealkylation sites (N-methyl/N-ethyl adjacent to an activating group) is 1. The highest BCUT2D eigenvalue weighted by Crippen LogP contribution is 2.17. The average molecular weight is 185 g/mol. The van der Waals surface area contributed by atoms with Gasteiger partial charge in [0, 0.05) is 19.1 Å². The van der Waals surface area contributed by atoms with Crippen LogP contribution in [-0.4, -0.2) is 42.6 Å². The molecule has 0 aromatic carbocycles. The Labute approximate surface area is 79.7 Å². The van der Waals surface area contributed by atoms with Gasteiger partial charge >= 0.3 is 6.03 Å². The molecule has 2 N–H and O–H groups in total. The average Bonchev–Trinajstić information content (AvgIpc) is 2.30. The Balaban J connectivity index is 2.65. The number of hydrogen-bond acceptors (Lipinski definition) is 2. The highest BCUT2D eigenvalue weighted by Gasteiger charge is 2.36. The third-order valence-corrected chi connectivity index (χ3v) is 2.41. The fourth-order valence-corrected chi connectivity index (χ4v) is 1.74. The summed E-state index contributed by atoms with van der Waals surface area (Å²) in [4.78, 5) is 13.4. The van der Waals surface area contributed by atoms with Crippen molar-refractivity contribution in [3.05, 3.63) is 0 Å². The van der Waals surface area contributed by atoms with Crippen molar-refractivity contribution in [2.45, 2.75) is 32.4 Å². The molecule has 0 radical (unpaired) electrons. The molecule has 0 aromatic rings. The van der Waals surface area contributed by atoms with Gasteiger partial charge in [-0.3, -0.25) is 0 Å². The van der Waals surface area contributed by atoms with E-state index < -0.39 is 0 Å². The van der Waals surface area contributed by atoms with Crippen molar-refractivity contribution in [2.24, 2.45) is 0 Å². The molecule has 1 heterocycles. The lowest BCUT2D eigenvalue weighted by Crippen LogP contribution is -2.51. The zero-order chi connectivity index (χ0) is 10.1. The highest BCUT2D eigenvalue weighted by atomic mass is 16.2. The van der Waals surface area contributed by atoms with Gasteiger partial charge in [-0.25, -0.2) is 4.79 Å². The molecular weight excluding hydrogens is 166 g/mol. The first-order valence-corrected chi connectivity index (χ1v) is 4.70. The van der Waals surface area contributed by atoms with Crippen molar-refractivity contribution in [2.75, 3.05) is 20.1 Å². The van der Waals surface area contributed by atoms with Crippen LogP contribution in [0.5, 0.6) is 0 Å². The molecule has 1 atom stereocenters. The van der Waals surface area contributed by atoms with Crippen molar-refractivity contribution in [1.29, 1.82) is 0 Å². The van der Waals surface area contributed by atoms with Crippen LogP contribution in [0.15, 0.2) is 0 Å². The van der Waals surface area contributed by atoms with Crippen LogP contribution in [0.4, 0.5) is 4.79 Å². The minimum Gasteiger partial charge on any atom is -0.334 e. The van der Waals surface area contributed by atoms with Gasteiger partial charge in [0.2, 0.25) is 0 Å². The van der Waals surface area contributed by atoms with E-state index in [1.165, 1.54) is 0 Å². The summed E-state index contributed by atoms with van der Waals surface area (Å²) >= 11 is 0. The van der Waals surface area contributed by atoms with Gasteiger partial charge in [0.15, 0.2) is 0 Å². The van der Waals surface area contributed by atoms with Crippen LogP contribution in [0.1, 0.15) is 20.8 Å². The minimum absolute atomic E-state index is 0.0488. The van der Waals surface area contributed by atoms with E-state index in [9.17, 15) is 4.79 Å². The number of nitrogens with zero attached hydrogens (tertiary/aromatic N) is 1. The molecule has 1 fully saturated rings. The summed E-state index contributed by atoms with van der Waals surface area (Å²) in [7, 11) is 1.90. The molecular formula is C9H19N3O. The maximum atomic E-state index is 11.5. The number of rotatable bonds is 3. The third-order valence-electron chi connectivity index (χ3n) is 2.41. The molecule has 4 heteroatoms. The number of nitrogens with one attached hydrogen (secondary N) is 2. The zero-order valence-electron chi connectivity index (χ0n) is 8.85. The molecule has 13 heavy (non-hydrogen) atoms. The number of urea groups is 1. The summed E-state index contributed by atoms with van der Waals surface area (Å²) < 4.78 is 0. The number of hydrogen-bond donors (Lipinski definition) is 2. The maximum absolute atomic E-state index is 11.5. The Morgan fingerprint density at radius 2 is 2.31 bits per heavy atom. The van der Waals surface area contributed by atoms with Crippen LogP contribution >= 0.6 is 0 Å². The lowest BCUT2D eigenvalue weighted by atomic mass is 10.0. The predicted octanol–water partition coefficient (Wildman–Crippen LogP) is 0.398. The van der Waals surface area contributed by atoms with E-state index in [2.05, 4.69) is 24.5 Å².